The van der Waals surface area contributed by atoms with Gasteiger partial charge in [-0.05, 0) is 36.8 Å². The number of carbonyl (C=O) groups is 1. The molecule has 0 fully saturated rings. The molecule has 0 bridgehead atoms. The minimum absolute atomic E-state index is 0.117. The van der Waals surface area contributed by atoms with Crippen molar-refractivity contribution in [2.24, 2.45) is 7.05 Å². The number of anilines is 1. The number of hydrogen-bond acceptors (Lipinski definition) is 7. The minimum atomic E-state index is -0.200. The van der Waals surface area contributed by atoms with Gasteiger partial charge in [-0.25, -0.2) is 0 Å². The van der Waals surface area contributed by atoms with E-state index in [9.17, 15) is 9.59 Å². The summed E-state index contributed by atoms with van der Waals surface area (Å²) in [5.41, 5.74) is 3.61. The molecule has 0 aliphatic carbocycles. The third-order valence-electron chi connectivity index (χ3n) is 5.63. The fraction of sp³-hybridized carbons (Fsp3) is 0.208. The van der Waals surface area contributed by atoms with E-state index in [1.165, 1.54) is 11.8 Å². The maximum atomic E-state index is 13.4. The Balaban J connectivity index is 1.46. The number of nitrogens with zero attached hydrogens (tertiary/aromatic N) is 6. The van der Waals surface area contributed by atoms with Gasteiger partial charge in [0.2, 0.25) is 11.7 Å². The quantitative estimate of drug-likeness (QED) is 0.350. The van der Waals surface area contributed by atoms with E-state index in [4.69, 9.17) is 4.74 Å². The highest BCUT2D eigenvalue weighted by molar-refractivity contribution is 7.99. The second kappa shape index (κ2) is 9.26. The molecule has 2 aromatic carbocycles. The lowest BCUT2D eigenvalue weighted by Gasteiger charge is -2.10. The van der Waals surface area contributed by atoms with Crippen LogP contribution in [0.25, 0.3) is 16.8 Å². The first-order valence-electron chi connectivity index (χ1n) is 10.9. The zero-order valence-electron chi connectivity index (χ0n) is 19.4. The van der Waals surface area contributed by atoms with Crippen molar-refractivity contribution in [1.29, 1.82) is 0 Å². The van der Waals surface area contributed by atoms with E-state index in [-0.39, 0.29) is 17.2 Å². The molecule has 11 heteroatoms. The number of carbonyl (C=O) groups excluding carboxylic acids is 1. The molecular formula is C24H23N7O3S. The Morgan fingerprint density at radius 1 is 1.09 bits per heavy atom. The minimum Gasteiger partial charge on any atom is -0.497 e. The molecule has 3 aromatic heterocycles. The summed E-state index contributed by atoms with van der Waals surface area (Å²) in [6.07, 6.45) is 1.62. The first-order chi connectivity index (χ1) is 16.9. The summed E-state index contributed by atoms with van der Waals surface area (Å²) < 4.78 is 10.1. The van der Waals surface area contributed by atoms with Crippen LogP contribution in [0.5, 0.6) is 5.75 Å². The van der Waals surface area contributed by atoms with Crippen LogP contribution in [0, 0.1) is 6.92 Å². The highest BCUT2D eigenvalue weighted by atomic mass is 32.2. The van der Waals surface area contributed by atoms with Gasteiger partial charge in [0.05, 0.1) is 25.6 Å². The molecule has 0 atom stereocenters. The summed E-state index contributed by atoms with van der Waals surface area (Å²) in [4.78, 5) is 25.9. The van der Waals surface area contributed by atoms with Crippen LogP contribution in [0.2, 0.25) is 0 Å². The molecule has 178 valence electrons. The Hall–Kier alpha value is -4.12. The van der Waals surface area contributed by atoms with Gasteiger partial charge in [0.15, 0.2) is 10.7 Å². The summed E-state index contributed by atoms with van der Waals surface area (Å²) in [5.74, 6) is 1.04. The molecule has 0 aliphatic heterocycles. The maximum Gasteiger partial charge on any atom is 0.281 e. The maximum absolute atomic E-state index is 13.4. The molecule has 0 aliphatic rings. The van der Waals surface area contributed by atoms with Gasteiger partial charge in [0.25, 0.3) is 5.56 Å². The molecule has 5 aromatic rings. The second-order valence-electron chi connectivity index (χ2n) is 8.06. The van der Waals surface area contributed by atoms with E-state index in [1.807, 2.05) is 31.2 Å². The van der Waals surface area contributed by atoms with E-state index in [0.29, 0.717) is 39.9 Å². The smallest absolute Gasteiger partial charge is 0.281 e. The summed E-state index contributed by atoms with van der Waals surface area (Å²) in [6, 6.07) is 15.1. The molecule has 3 heterocycles. The third-order valence-corrected chi connectivity index (χ3v) is 6.56. The molecule has 0 radical (unpaired) electrons. The van der Waals surface area contributed by atoms with Gasteiger partial charge in [-0.15, -0.1) is 10.2 Å². The van der Waals surface area contributed by atoms with E-state index < -0.39 is 0 Å². The summed E-state index contributed by atoms with van der Waals surface area (Å²) in [7, 11) is 3.32. The second-order valence-corrected chi connectivity index (χ2v) is 9.00. The fourth-order valence-corrected chi connectivity index (χ4v) is 4.56. The zero-order valence-corrected chi connectivity index (χ0v) is 20.2. The van der Waals surface area contributed by atoms with Gasteiger partial charge in [-0.2, -0.15) is 5.10 Å². The summed E-state index contributed by atoms with van der Waals surface area (Å²) in [6.45, 7) is 2.35. The predicted octanol–water partition coefficient (Wildman–Crippen LogP) is 2.87. The SMILES string of the molecule is COc1ccc(NC(=O)CSc2nnc3n(Cc4ccc(C)cc4)c(=O)c4c(cnn4C)n23)cc1. The Labute approximate surface area is 204 Å². The number of ether oxygens (including phenoxy) is 1. The Bertz CT molecular complexity index is 1580. The average molecular weight is 490 g/mol. The number of amides is 1. The van der Waals surface area contributed by atoms with Crippen molar-refractivity contribution in [1.82, 2.24) is 28.9 Å². The molecule has 0 saturated heterocycles. The van der Waals surface area contributed by atoms with Crippen LogP contribution in [0.1, 0.15) is 11.1 Å². The number of thioether (sulfide) groups is 1. The van der Waals surface area contributed by atoms with Crippen molar-refractivity contribution in [2.75, 3.05) is 18.2 Å². The van der Waals surface area contributed by atoms with E-state index in [2.05, 4.69) is 20.6 Å². The number of rotatable bonds is 7. The monoisotopic (exact) mass is 489 g/mol. The number of aromatic nitrogens is 6. The van der Waals surface area contributed by atoms with Crippen molar-refractivity contribution in [2.45, 2.75) is 18.6 Å². The molecule has 1 amide bonds. The van der Waals surface area contributed by atoms with Crippen molar-refractivity contribution in [3.63, 3.8) is 0 Å². The molecule has 0 unspecified atom stereocenters. The van der Waals surface area contributed by atoms with Crippen LogP contribution in [-0.4, -0.2) is 47.7 Å². The van der Waals surface area contributed by atoms with E-state index >= 15 is 0 Å². The fourth-order valence-electron chi connectivity index (χ4n) is 3.82. The predicted molar refractivity (Wildman–Crippen MR) is 134 cm³/mol. The van der Waals surface area contributed by atoms with Crippen LogP contribution in [-0.2, 0) is 18.4 Å². The number of benzene rings is 2. The summed E-state index contributed by atoms with van der Waals surface area (Å²) >= 11 is 1.24. The lowest BCUT2D eigenvalue weighted by Crippen LogP contribution is -2.25. The van der Waals surface area contributed by atoms with Gasteiger partial charge in [0, 0.05) is 12.7 Å². The Morgan fingerprint density at radius 2 is 1.83 bits per heavy atom. The van der Waals surface area contributed by atoms with E-state index in [1.54, 1.807) is 58.3 Å². The highest BCUT2D eigenvalue weighted by Gasteiger charge is 2.20. The Kier molecular flexibility index (Phi) is 6.00. The third kappa shape index (κ3) is 4.37. The number of methoxy groups -OCH3 is 1. The van der Waals surface area contributed by atoms with Gasteiger partial charge in [-0.1, -0.05) is 41.6 Å². The molecule has 0 spiro atoms. The number of fused-ring (bicyclic) bond motifs is 3. The summed E-state index contributed by atoms with van der Waals surface area (Å²) in [5, 5.41) is 16.2. The molecule has 5 rings (SSSR count). The van der Waals surface area contributed by atoms with Crippen LogP contribution in [0.15, 0.2) is 64.7 Å². The van der Waals surface area contributed by atoms with Crippen LogP contribution in [0.3, 0.4) is 0 Å². The van der Waals surface area contributed by atoms with E-state index in [0.717, 1.165) is 11.1 Å². The Morgan fingerprint density at radius 3 is 2.54 bits per heavy atom. The molecule has 10 nitrogen and oxygen atoms in total. The zero-order chi connectivity index (χ0) is 24.5. The molecule has 1 N–H and O–H groups in total. The lowest BCUT2D eigenvalue weighted by atomic mass is 10.1. The first kappa shape index (κ1) is 22.7. The average Bonchev–Trinajstić information content (AvgIpc) is 3.45. The van der Waals surface area contributed by atoms with Gasteiger partial charge in [-0.3, -0.25) is 23.2 Å². The lowest BCUT2D eigenvalue weighted by molar-refractivity contribution is -0.113. The van der Waals surface area contributed by atoms with Crippen LogP contribution >= 0.6 is 11.8 Å². The molecule has 35 heavy (non-hydrogen) atoms. The normalized spacial score (nSPS) is 11.3. The van der Waals surface area contributed by atoms with Crippen LogP contribution < -0.4 is 15.6 Å². The van der Waals surface area contributed by atoms with Gasteiger partial charge in [0.1, 0.15) is 11.3 Å². The number of aryl methyl sites for hydroxylation is 2. The van der Waals surface area contributed by atoms with Crippen LogP contribution in [0.4, 0.5) is 5.69 Å². The highest BCUT2D eigenvalue weighted by Crippen LogP contribution is 2.22. The van der Waals surface area contributed by atoms with Crippen molar-refractivity contribution < 1.29 is 9.53 Å². The molecular weight excluding hydrogens is 466 g/mol. The molecule has 0 saturated carbocycles. The topological polar surface area (TPSA) is 108 Å². The van der Waals surface area contributed by atoms with Crippen molar-refractivity contribution in [3.8, 4) is 5.75 Å². The van der Waals surface area contributed by atoms with Crippen molar-refractivity contribution in [3.05, 3.63) is 76.2 Å². The van der Waals surface area contributed by atoms with Gasteiger partial charge < -0.3 is 10.1 Å². The number of hydrogen-bond donors (Lipinski definition) is 1. The largest absolute Gasteiger partial charge is 0.497 e. The van der Waals surface area contributed by atoms with Crippen molar-refractivity contribution >= 4 is 40.2 Å². The standard InChI is InChI=1S/C24H23N7O3S/c1-15-4-6-16(7-5-15)13-30-22(33)21-19(12-25-29(21)2)31-23(30)27-28-24(31)35-14-20(32)26-17-8-10-18(34-3)11-9-17/h4-12H,13-14H2,1-3H3,(H,26,32). The number of nitrogens with one attached hydrogen (secondary N) is 1. The first-order valence-corrected chi connectivity index (χ1v) is 11.8. The van der Waals surface area contributed by atoms with Gasteiger partial charge >= 0.3 is 0 Å².